The van der Waals surface area contributed by atoms with Crippen LogP contribution in [0.3, 0.4) is 0 Å². The van der Waals surface area contributed by atoms with Gasteiger partial charge in [0.1, 0.15) is 0 Å². The number of carbonyl (C=O) groups excluding carboxylic acids is 1. The number of aromatic nitrogens is 2. The molecule has 0 radical (unpaired) electrons. The van der Waals surface area contributed by atoms with Crippen LogP contribution in [0, 0.1) is 0 Å². The number of aryl methyl sites for hydroxylation is 1. The van der Waals surface area contributed by atoms with Gasteiger partial charge in [-0.15, -0.1) is 0 Å². The monoisotopic (exact) mass is 210 g/mol. The summed E-state index contributed by atoms with van der Waals surface area (Å²) in [4.78, 5) is 16.9. The average molecular weight is 210 g/mol. The highest BCUT2D eigenvalue weighted by Crippen LogP contribution is 1.97. The number of likely N-dealkylation sites (N-methyl/N-ethyl adjacent to an activating group) is 1. The van der Waals surface area contributed by atoms with Crippen LogP contribution in [0.5, 0.6) is 0 Å². The summed E-state index contributed by atoms with van der Waals surface area (Å²) >= 11 is 0. The van der Waals surface area contributed by atoms with Crippen LogP contribution in [0.1, 0.15) is 12.6 Å². The molecule has 0 aromatic carbocycles. The molecule has 0 saturated heterocycles. The van der Waals surface area contributed by atoms with Gasteiger partial charge in [0.2, 0.25) is 5.91 Å². The number of amides is 1. The van der Waals surface area contributed by atoms with Gasteiger partial charge in [0, 0.05) is 33.4 Å². The second-order valence-corrected chi connectivity index (χ2v) is 3.56. The number of rotatable bonds is 5. The molecule has 1 heterocycles. The van der Waals surface area contributed by atoms with Crippen molar-refractivity contribution in [1.29, 1.82) is 0 Å². The molecule has 0 aliphatic rings. The lowest BCUT2D eigenvalue weighted by atomic mass is 10.4. The zero-order chi connectivity index (χ0) is 11.3. The van der Waals surface area contributed by atoms with Gasteiger partial charge in [-0.3, -0.25) is 4.79 Å². The number of nitrogens with one attached hydrogen (secondary N) is 1. The second-order valence-electron chi connectivity index (χ2n) is 3.56. The minimum Gasteiger partial charge on any atom is -0.348 e. The first kappa shape index (κ1) is 11.7. The van der Waals surface area contributed by atoms with Crippen molar-refractivity contribution in [2.24, 2.45) is 0 Å². The molecule has 1 aromatic rings. The minimum atomic E-state index is 0.0811. The SMILES string of the molecule is CCn1cncc1CNCC(=O)N(C)C. The zero-order valence-electron chi connectivity index (χ0n) is 9.53. The Hall–Kier alpha value is -1.36. The third-order valence-corrected chi connectivity index (χ3v) is 2.22. The Bertz CT molecular complexity index is 319. The van der Waals surface area contributed by atoms with Crippen molar-refractivity contribution in [3.63, 3.8) is 0 Å². The maximum atomic E-state index is 11.3. The predicted molar refractivity (Wildman–Crippen MR) is 58.3 cm³/mol. The van der Waals surface area contributed by atoms with E-state index >= 15 is 0 Å². The molecule has 0 fully saturated rings. The summed E-state index contributed by atoms with van der Waals surface area (Å²) in [6.07, 6.45) is 3.61. The van der Waals surface area contributed by atoms with E-state index in [9.17, 15) is 4.79 Å². The molecule has 0 saturated carbocycles. The molecular weight excluding hydrogens is 192 g/mol. The van der Waals surface area contributed by atoms with Crippen molar-refractivity contribution in [2.75, 3.05) is 20.6 Å². The fourth-order valence-electron chi connectivity index (χ4n) is 1.24. The topological polar surface area (TPSA) is 50.2 Å². The maximum Gasteiger partial charge on any atom is 0.236 e. The van der Waals surface area contributed by atoms with Crippen LogP contribution in [0.2, 0.25) is 0 Å². The normalized spacial score (nSPS) is 10.3. The van der Waals surface area contributed by atoms with Crippen LogP contribution >= 0.6 is 0 Å². The maximum absolute atomic E-state index is 11.3. The lowest BCUT2D eigenvalue weighted by Crippen LogP contribution is -2.33. The van der Waals surface area contributed by atoms with E-state index in [-0.39, 0.29) is 5.91 Å². The predicted octanol–water partition coefficient (Wildman–Crippen LogP) is 0.0808. The average Bonchev–Trinajstić information content (AvgIpc) is 2.65. The summed E-state index contributed by atoms with van der Waals surface area (Å²) in [6.45, 7) is 4.00. The molecule has 1 rings (SSSR count). The largest absolute Gasteiger partial charge is 0.348 e. The van der Waals surface area contributed by atoms with Gasteiger partial charge in [0.05, 0.1) is 18.6 Å². The second kappa shape index (κ2) is 5.50. The summed E-state index contributed by atoms with van der Waals surface area (Å²) in [5, 5.41) is 3.09. The third kappa shape index (κ3) is 3.36. The standard InChI is InChI=1S/C10H18N4O/c1-4-14-8-12-6-9(14)5-11-7-10(15)13(2)3/h6,8,11H,4-5,7H2,1-3H3. The molecule has 1 aromatic heterocycles. The van der Waals surface area contributed by atoms with Crippen LogP contribution < -0.4 is 5.32 Å². The van der Waals surface area contributed by atoms with Gasteiger partial charge >= 0.3 is 0 Å². The van der Waals surface area contributed by atoms with Crippen LogP contribution in [0.4, 0.5) is 0 Å². The molecule has 5 heteroatoms. The molecule has 1 N–H and O–H groups in total. The van der Waals surface area contributed by atoms with Gasteiger partial charge in [-0.25, -0.2) is 4.98 Å². The zero-order valence-corrected chi connectivity index (χ0v) is 9.53. The number of hydrogen-bond acceptors (Lipinski definition) is 3. The van der Waals surface area contributed by atoms with Crippen LogP contribution in [-0.4, -0.2) is 41.0 Å². The quantitative estimate of drug-likeness (QED) is 0.749. The van der Waals surface area contributed by atoms with Gasteiger partial charge in [-0.05, 0) is 6.92 Å². The van der Waals surface area contributed by atoms with Gasteiger partial charge in [0.15, 0.2) is 0 Å². The van der Waals surface area contributed by atoms with Crippen molar-refractivity contribution < 1.29 is 4.79 Å². The Morgan fingerprint density at radius 3 is 2.93 bits per heavy atom. The van der Waals surface area contributed by atoms with E-state index in [1.165, 1.54) is 0 Å². The first-order chi connectivity index (χ1) is 7.15. The van der Waals surface area contributed by atoms with Crippen molar-refractivity contribution in [3.8, 4) is 0 Å². The van der Waals surface area contributed by atoms with Crippen LogP contribution in [0.25, 0.3) is 0 Å². The van der Waals surface area contributed by atoms with E-state index in [0.717, 1.165) is 12.2 Å². The van der Waals surface area contributed by atoms with Crippen molar-refractivity contribution >= 4 is 5.91 Å². The van der Waals surface area contributed by atoms with Gasteiger partial charge in [0.25, 0.3) is 0 Å². The van der Waals surface area contributed by atoms with Crippen LogP contribution in [-0.2, 0) is 17.9 Å². The van der Waals surface area contributed by atoms with Crippen molar-refractivity contribution in [1.82, 2.24) is 19.8 Å². The third-order valence-electron chi connectivity index (χ3n) is 2.22. The fourth-order valence-corrected chi connectivity index (χ4v) is 1.24. The highest BCUT2D eigenvalue weighted by molar-refractivity contribution is 5.77. The van der Waals surface area contributed by atoms with E-state index < -0.39 is 0 Å². The van der Waals surface area contributed by atoms with Gasteiger partial charge < -0.3 is 14.8 Å². The summed E-state index contributed by atoms with van der Waals surface area (Å²) in [5.41, 5.74) is 1.10. The Morgan fingerprint density at radius 1 is 1.60 bits per heavy atom. The summed E-state index contributed by atoms with van der Waals surface area (Å²) in [6, 6.07) is 0. The van der Waals surface area contributed by atoms with E-state index in [0.29, 0.717) is 13.1 Å². The molecule has 0 aliphatic heterocycles. The Labute approximate surface area is 90.1 Å². The smallest absolute Gasteiger partial charge is 0.236 e. The number of nitrogens with zero attached hydrogens (tertiary/aromatic N) is 3. The lowest BCUT2D eigenvalue weighted by Gasteiger charge is -2.11. The summed E-state index contributed by atoms with van der Waals surface area (Å²) < 4.78 is 2.05. The molecule has 15 heavy (non-hydrogen) atoms. The highest BCUT2D eigenvalue weighted by Gasteiger charge is 2.04. The number of hydrogen-bond donors (Lipinski definition) is 1. The summed E-state index contributed by atoms with van der Waals surface area (Å²) in [7, 11) is 3.50. The Balaban J connectivity index is 2.35. The van der Waals surface area contributed by atoms with Crippen LogP contribution in [0.15, 0.2) is 12.5 Å². The van der Waals surface area contributed by atoms with E-state index in [1.807, 2.05) is 10.8 Å². The molecule has 0 spiro atoms. The van der Waals surface area contributed by atoms with Crippen molar-refractivity contribution in [3.05, 3.63) is 18.2 Å². The lowest BCUT2D eigenvalue weighted by molar-refractivity contribution is -0.127. The molecule has 0 atom stereocenters. The molecular formula is C10H18N4O. The number of carbonyl (C=O) groups is 1. The van der Waals surface area contributed by atoms with E-state index in [2.05, 4.69) is 17.2 Å². The first-order valence-electron chi connectivity index (χ1n) is 5.05. The fraction of sp³-hybridized carbons (Fsp3) is 0.600. The molecule has 0 bridgehead atoms. The van der Waals surface area contributed by atoms with E-state index in [4.69, 9.17) is 0 Å². The molecule has 5 nitrogen and oxygen atoms in total. The van der Waals surface area contributed by atoms with Gasteiger partial charge in [-0.2, -0.15) is 0 Å². The van der Waals surface area contributed by atoms with E-state index in [1.54, 1.807) is 25.3 Å². The highest BCUT2D eigenvalue weighted by atomic mass is 16.2. The minimum absolute atomic E-state index is 0.0811. The first-order valence-corrected chi connectivity index (χ1v) is 5.05. The summed E-state index contributed by atoms with van der Waals surface area (Å²) in [5.74, 6) is 0.0811. The molecule has 1 amide bonds. The Morgan fingerprint density at radius 2 is 2.33 bits per heavy atom. The Kier molecular flexibility index (Phi) is 4.30. The molecule has 84 valence electrons. The molecule has 0 unspecified atom stereocenters. The number of imidazole rings is 1. The van der Waals surface area contributed by atoms with Crippen molar-refractivity contribution in [2.45, 2.75) is 20.0 Å². The van der Waals surface area contributed by atoms with Gasteiger partial charge in [-0.1, -0.05) is 0 Å². The molecule has 0 aliphatic carbocycles.